The minimum atomic E-state index is -0.425. The molecule has 0 aromatic heterocycles. The number of carbonyl (C=O) groups excluding carboxylic acids is 1. The SMILES string of the molecule is CC(C)c1ccc(C=CC(=O)N2CCN(c3ccc(Cl)cc3[N+](=O)[O-])CC2)cc1. The average Bonchev–Trinajstić information content (AvgIpc) is 2.72. The molecule has 1 aliphatic heterocycles. The molecule has 0 unspecified atom stereocenters. The number of nitro benzene ring substituents is 1. The molecule has 1 amide bonds. The number of halogens is 1. The Morgan fingerprint density at radius 2 is 1.76 bits per heavy atom. The first-order valence-electron chi connectivity index (χ1n) is 9.61. The van der Waals surface area contributed by atoms with Gasteiger partial charge in [-0.3, -0.25) is 14.9 Å². The number of hydrogen-bond donors (Lipinski definition) is 0. The van der Waals surface area contributed by atoms with Gasteiger partial charge in [0.25, 0.3) is 5.69 Å². The van der Waals surface area contributed by atoms with Gasteiger partial charge in [0.2, 0.25) is 5.91 Å². The van der Waals surface area contributed by atoms with Crippen LogP contribution >= 0.6 is 11.6 Å². The lowest BCUT2D eigenvalue weighted by Crippen LogP contribution is -2.48. The van der Waals surface area contributed by atoms with E-state index in [1.54, 1.807) is 23.1 Å². The van der Waals surface area contributed by atoms with Crippen molar-refractivity contribution < 1.29 is 9.72 Å². The Kier molecular flexibility index (Phi) is 6.54. The molecule has 3 rings (SSSR count). The summed E-state index contributed by atoms with van der Waals surface area (Å²) in [7, 11) is 0. The number of piperazine rings is 1. The fourth-order valence-corrected chi connectivity index (χ4v) is 3.51. The van der Waals surface area contributed by atoms with Crippen LogP contribution in [0.1, 0.15) is 30.9 Å². The molecule has 0 atom stereocenters. The summed E-state index contributed by atoms with van der Waals surface area (Å²) in [5, 5.41) is 11.6. The molecule has 0 radical (unpaired) electrons. The van der Waals surface area contributed by atoms with Gasteiger partial charge < -0.3 is 9.80 Å². The van der Waals surface area contributed by atoms with Crippen LogP contribution in [0.2, 0.25) is 5.02 Å². The molecule has 1 heterocycles. The maximum absolute atomic E-state index is 12.5. The molecule has 1 fully saturated rings. The molecule has 0 aliphatic carbocycles. The molecule has 0 spiro atoms. The first-order chi connectivity index (χ1) is 13.8. The Labute approximate surface area is 175 Å². The zero-order valence-electron chi connectivity index (χ0n) is 16.5. The van der Waals surface area contributed by atoms with E-state index in [0.717, 1.165) is 5.56 Å². The molecule has 0 saturated carbocycles. The second kappa shape index (κ2) is 9.09. The summed E-state index contributed by atoms with van der Waals surface area (Å²) in [6.07, 6.45) is 3.41. The molecule has 0 N–H and O–H groups in total. The highest BCUT2D eigenvalue weighted by molar-refractivity contribution is 6.30. The van der Waals surface area contributed by atoms with E-state index in [1.807, 2.05) is 23.1 Å². The van der Waals surface area contributed by atoms with E-state index in [0.29, 0.717) is 42.8 Å². The Morgan fingerprint density at radius 3 is 2.34 bits per heavy atom. The number of benzene rings is 2. The molecule has 7 heteroatoms. The van der Waals surface area contributed by atoms with Crippen molar-refractivity contribution in [2.75, 3.05) is 31.1 Å². The van der Waals surface area contributed by atoms with Gasteiger partial charge in [-0.1, -0.05) is 49.7 Å². The molecule has 1 saturated heterocycles. The molecule has 6 nitrogen and oxygen atoms in total. The van der Waals surface area contributed by atoms with Gasteiger partial charge in [-0.25, -0.2) is 0 Å². The molecule has 29 heavy (non-hydrogen) atoms. The van der Waals surface area contributed by atoms with Gasteiger partial charge in [0, 0.05) is 43.3 Å². The number of nitrogens with zero attached hydrogens (tertiary/aromatic N) is 3. The van der Waals surface area contributed by atoms with Crippen molar-refractivity contribution in [3.63, 3.8) is 0 Å². The highest BCUT2D eigenvalue weighted by Gasteiger charge is 2.25. The molecule has 152 valence electrons. The van der Waals surface area contributed by atoms with Crippen LogP contribution in [0.4, 0.5) is 11.4 Å². The number of hydrogen-bond acceptors (Lipinski definition) is 4. The second-order valence-electron chi connectivity index (χ2n) is 7.36. The van der Waals surface area contributed by atoms with E-state index in [4.69, 9.17) is 11.6 Å². The summed E-state index contributed by atoms with van der Waals surface area (Å²) in [5.41, 5.74) is 2.77. The van der Waals surface area contributed by atoms with Gasteiger partial charge in [0.1, 0.15) is 5.69 Å². The summed E-state index contributed by atoms with van der Waals surface area (Å²) in [5.74, 6) is 0.422. The Bertz CT molecular complexity index is 917. The predicted molar refractivity (Wildman–Crippen MR) is 116 cm³/mol. The van der Waals surface area contributed by atoms with E-state index in [2.05, 4.69) is 26.0 Å². The Hall–Kier alpha value is -2.86. The van der Waals surface area contributed by atoms with Crippen LogP contribution in [-0.2, 0) is 4.79 Å². The first kappa shape index (κ1) is 20.9. The fraction of sp³-hybridized carbons (Fsp3) is 0.318. The maximum atomic E-state index is 12.5. The number of carbonyl (C=O) groups is 1. The van der Waals surface area contributed by atoms with E-state index in [-0.39, 0.29) is 11.6 Å². The summed E-state index contributed by atoms with van der Waals surface area (Å²) in [6.45, 7) is 6.38. The molecular weight excluding hydrogens is 390 g/mol. The van der Waals surface area contributed by atoms with Gasteiger partial charge in [-0.2, -0.15) is 0 Å². The van der Waals surface area contributed by atoms with E-state index in [9.17, 15) is 14.9 Å². The second-order valence-corrected chi connectivity index (χ2v) is 7.79. The van der Waals surface area contributed by atoms with Crippen molar-refractivity contribution in [2.45, 2.75) is 19.8 Å². The van der Waals surface area contributed by atoms with Crippen molar-refractivity contribution in [3.05, 3.63) is 74.8 Å². The normalized spacial score (nSPS) is 14.6. The first-order valence-corrected chi connectivity index (χ1v) is 9.99. The van der Waals surface area contributed by atoms with Crippen LogP contribution in [0.5, 0.6) is 0 Å². The zero-order valence-corrected chi connectivity index (χ0v) is 17.3. The van der Waals surface area contributed by atoms with E-state index < -0.39 is 4.92 Å². The number of nitro groups is 1. The largest absolute Gasteiger partial charge is 0.362 e. The predicted octanol–water partition coefficient (Wildman–Crippen LogP) is 4.73. The fourth-order valence-electron chi connectivity index (χ4n) is 3.34. The summed E-state index contributed by atoms with van der Waals surface area (Å²) in [6, 6.07) is 12.8. The number of anilines is 1. The van der Waals surface area contributed by atoms with Crippen LogP contribution < -0.4 is 4.90 Å². The Morgan fingerprint density at radius 1 is 1.10 bits per heavy atom. The third-order valence-corrected chi connectivity index (χ3v) is 5.32. The Balaban J connectivity index is 1.60. The van der Waals surface area contributed by atoms with Gasteiger partial charge in [0.05, 0.1) is 4.92 Å². The van der Waals surface area contributed by atoms with E-state index >= 15 is 0 Å². The van der Waals surface area contributed by atoms with Gasteiger partial charge in [-0.15, -0.1) is 0 Å². The molecule has 0 bridgehead atoms. The molecule has 2 aromatic rings. The molecule has 1 aliphatic rings. The monoisotopic (exact) mass is 413 g/mol. The van der Waals surface area contributed by atoms with Crippen molar-refractivity contribution in [1.29, 1.82) is 0 Å². The lowest BCUT2D eigenvalue weighted by atomic mass is 10.0. The van der Waals surface area contributed by atoms with Gasteiger partial charge >= 0.3 is 0 Å². The van der Waals surface area contributed by atoms with Crippen molar-refractivity contribution in [1.82, 2.24) is 4.90 Å². The third-order valence-electron chi connectivity index (χ3n) is 5.09. The summed E-state index contributed by atoms with van der Waals surface area (Å²) in [4.78, 5) is 27.1. The highest BCUT2D eigenvalue weighted by atomic mass is 35.5. The lowest BCUT2D eigenvalue weighted by molar-refractivity contribution is -0.384. The molecule has 2 aromatic carbocycles. The zero-order chi connectivity index (χ0) is 21.0. The quantitative estimate of drug-likeness (QED) is 0.403. The van der Waals surface area contributed by atoms with Crippen LogP contribution in [0, 0.1) is 10.1 Å². The van der Waals surface area contributed by atoms with Crippen molar-refractivity contribution in [2.24, 2.45) is 0 Å². The number of rotatable bonds is 5. The van der Waals surface area contributed by atoms with Crippen molar-refractivity contribution >= 4 is 35.0 Å². The van der Waals surface area contributed by atoms with Gasteiger partial charge in [0.15, 0.2) is 0 Å². The van der Waals surface area contributed by atoms with Crippen LogP contribution in [0.3, 0.4) is 0 Å². The average molecular weight is 414 g/mol. The summed E-state index contributed by atoms with van der Waals surface area (Å²) < 4.78 is 0. The van der Waals surface area contributed by atoms with Crippen LogP contribution in [-0.4, -0.2) is 41.9 Å². The third kappa shape index (κ3) is 5.15. The minimum Gasteiger partial charge on any atom is -0.362 e. The topological polar surface area (TPSA) is 66.7 Å². The number of amides is 1. The van der Waals surface area contributed by atoms with Crippen LogP contribution in [0.15, 0.2) is 48.5 Å². The van der Waals surface area contributed by atoms with Gasteiger partial charge in [-0.05, 0) is 35.3 Å². The van der Waals surface area contributed by atoms with Crippen LogP contribution in [0.25, 0.3) is 6.08 Å². The minimum absolute atomic E-state index is 0.0120. The van der Waals surface area contributed by atoms with E-state index in [1.165, 1.54) is 11.6 Å². The summed E-state index contributed by atoms with van der Waals surface area (Å²) >= 11 is 5.89. The smallest absolute Gasteiger partial charge is 0.294 e. The standard InChI is InChI=1S/C22H24ClN3O3/c1-16(2)18-6-3-17(4-7-18)5-10-22(27)25-13-11-24(12-14-25)20-9-8-19(23)15-21(20)26(28)29/h3-10,15-16H,11-14H2,1-2H3. The maximum Gasteiger partial charge on any atom is 0.294 e. The lowest BCUT2D eigenvalue weighted by Gasteiger charge is -2.35. The highest BCUT2D eigenvalue weighted by Crippen LogP contribution is 2.31. The van der Waals surface area contributed by atoms with Crippen molar-refractivity contribution in [3.8, 4) is 0 Å². The molecular formula is C22H24ClN3O3.